The average Bonchev–Trinajstić information content (AvgIpc) is 2.85. The van der Waals surface area contributed by atoms with E-state index in [1.54, 1.807) is 32.2 Å². The van der Waals surface area contributed by atoms with Gasteiger partial charge in [-0.3, -0.25) is 0 Å². The summed E-state index contributed by atoms with van der Waals surface area (Å²) in [6.45, 7) is 5.28. The maximum absolute atomic E-state index is 12.4. The molecule has 0 spiro atoms. The first kappa shape index (κ1) is 16.1. The summed E-state index contributed by atoms with van der Waals surface area (Å²) < 4.78 is 27.4. The second-order valence-electron chi connectivity index (χ2n) is 4.90. The van der Waals surface area contributed by atoms with Crippen LogP contribution in [0.5, 0.6) is 0 Å². The number of aliphatic hydroxyl groups excluding tert-OH is 1. The van der Waals surface area contributed by atoms with E-state index in [0.29, 0.717) is 5.56 Å². The molecule has 2 rings (SSSR count). The van der Waals surface area contributed by atoms with Gasteiger partial charge in [-0.2, -0.15) is 0 Å². The third kappa shape index (κ3) is 3.88. The molecule has 0 saturated carbocycles. The van der Waals surface area contributed by atoms with Crippen molar-refractivity contribution in [3.05, 3.63) is 45.9 Å². The minimum absolute atomic E-state index is 0.140. The number of rotatable bonds is 5. The molecule has 2 atom stereocenters. The molecule has 0 aliphatic rings. The number of aliphatic hydroxyl groups is 1. The van der Waals surface area contributed by atoms with Crippen LogP contribution in [0, 0.1) is 6.92 Å². The quantitative estimate of drug-likeness (QED) is 0.885. The number of nitrogens with one attached hydrogen (secondary N) is 1. The molecule has 1 heterocycles. The van der Waals surface area contributed by atoms with Crippen LogP contribution in [0.25, 0.3) is 0 Å². The van der Waals surface area contributed by atoms with Gasteiger partial charge < -0.3 is 5.11 Å². The monoisotopic (exact) mass is 326 g/mol. The number of sulfonamides is 1. The minimum atomic E-state index is -3.65. The van der Waals surface area contributed by atoms with Gasteiger partial charge in [0.05, 0.1) is 17.0 Å². The molecular formula is C14H18N2O3S2. The van der Waals surface area contributed by atoms with Gasteiger partial charge in [-0.15, -0.1) is 11.3 Å². The van der Waals surface area contributed by atoms with Crippen LogP contribution >= 0.6 is 11.3 Å². The van der Waals surface area contributed by atoms with Crippen LogP contribution in [0.2, 0.25) is 0 Å². The summed E-state index contributed by atoms with van der Waals surface area (Å²) in [5, 5.41) is 10.3. The van der Waals surface area contributed by atoms with Crippen molar-refractivity contribution >= 4 is 21.4 Å². The number of nitrogens with zero attached hydrogens (tertiary/aromatic N) is 1. The maximum Gasteiger partial charge on any atom is 0.241 e. The highest BCUT2D eigenvalue weighted by atomic mass is 32.2. The van der Waals surface area contributed by atoms with Crippen LogP contribution in [0.4, 0.5) is 0 Å². The van der Waals surface area contributed by atoms with E-state index in [-0.39, 0.29) is 4.90 Å². The number of benzene rings is 1. The lowest BCUT2D eigenvalue weighted by Gasteiger charge is -2.13. The fourth-order valence-electron chi connectivity index (χ4n) is 1.87. The lowest BCUT2D eigenvalue weighted by molar-refractivity contribution is 0.199. The smallest absolute Gasteiger partial charge is 0.241 e. The molecule has 2 aromatic rings. The fraction of sp³-hybridized carbons (Fsp3) is 0.357. The predicted molar refractivity (Wildman–Crippen MR) is 82.7 cm³/mol. The first-order valence-corrected chi connectivity index (χ1v) is 8.82. The van der Waals surface area contributed by atoms with E-state index in [9.17, 15) is 13.5 Å². The Morgan fingerprint density at radius 2 is 2.05 bits per heavy atom. The van der Waals surface area contributed by atoms with Crippen molar-refractivity contribution in [2.24, 2.45) is 0 Å². The Balaban J connectivity index is 2.24. The van der Waals surface area contributed by atoms with Gasteiger partial charge in [0.25, 0.3) is 0 Å². The van der Waals surface area contributed by atoms with Crippen LogP contribution in [0.1, 0.15) is 41.4 Å². The number of aryl methyl sites for hydroxylation is 1. The van der Waals surface area contributed by atoms with Crippen molar-refractivity contribution in [1.82, 2.24) is 9.71 Å². The molecule has 0 bridgehead atoms. The lowest BCUT2D eigenvalue weighted by atomic mass is 10.1. The van der Waals surface area contributed by atoms with Gasteiger partial charge in [-0.1, -0.05) is 12.1 Å². The maximum atomic E-state index is 12.4. The highest BCUT2D eigenvalue weighted by Gasteiger charge is 2.20. The van der Waals surface area contributed by atoms with Crippen molar-refractivity contribution in [3.8, 4) is 0 Å². The van der Waals surface area contributed by atoms with Crippen molar-refractivity contribution in [1.29, 1.82) is 0 Å². The zero-order valence-corrected chi connectivity index (χ0v) is 13.7. The molecule has 0 saturated heterocycles. The third-order valence-corrected chi connectivity index (χ3v) is 5.63. The molecule has 2 unspecified atom stereocenters. The summed E-state index contributed by atoms with van der Waals surface area (Å²) in [6, 6.07) is 5.90. The Kier molecular flexibility index (Phi) is 4.77. The molecule has 1 aromatic heterocycles. The minimum Gasteiger partial charge on any atom is -0.389 e. The molecule has 21 heavy (non-hydrogen) atoms. The number of aromatic nitrogens is 1. The molecule has 114 valence electrons. The van der Waals surface area contributed by atoms with Crippen LogP contribution in [0.3, 0.4) is 0 Å². The highest BCUT2D eigenvalue weighted by Crippen LogP contribution is 2.22. The molecule has 0 aliphatic heterocycles. The van der Waals surface area contributed by atoms with Gasteiger partial charge in [-0.05, 0) is 38.5 Å². The molecule has 0 aliphatic carbocycles. The molecule has 1 aromatic carbocycles. The molecule has 2 N–H and O–H groups in total. The fourth-order valence-corrected chi connectivity index (χ4v) is 3.98. The first-order chi connectivity index (χ1) is 9.79. The molecule has 0 amide bonds. The normalized spacial score (nSPS) is 14.9. The number of hydrogen-bond donors (Lipinski definition) is 2. The number of thiazole rings is 1. The van der Waals surface area contributed by atoms with Gasteiger partial charge in [0.1, 0.15) is 5.01 Å². The Bertz CT molecular complexity index is 723. The third-order valence-electron chi connectivity index (χ3n) is 2.99. The van der Waals surface area contributed by atoms with E-state index in [1.807, 2.05) is 6.92 Å². The summed E-state index contributed by atoms with van der Waals surface area (Å²) in [4.78, 5) is 5.37. The van der Waals surface area contributed by atoms with Gasteiger partial charge in [0.15, 0.2) is 0 Å². The SMILES string of the molecule is Cc1cnc(C(C)NS(=O)(=O)c2cccc(C(C)O)c2)s1. The highest BCUT2D eigenvalue weighted by molar-refractivity contribution is 7.89. The summed E-state index contributed by atoms with van der Waals surface area (Å²) in [5.41, 5.74) is 0.565. The van der Waals surface area contributed by atoms with E-state index in [1.165, 1.54) is 23.5 Å². The molecule has 5 nitrogen and oxygen atoms in total. The Labute approximate surface area is 128 Å². The van der Waals surface area contributed by atoms with Crippen molar-refractivity contribution in [3.63, 3.8) is 0 Å². The van der Waals surface area contributed by atoms with E-state index < -0.39 is 22.2 Å². The molecule has 0 fully saturated rings. The Morgan fingerprint density at radius 3 is 2.62 bits per heavy atom. The number of hydrogen-bond acceptors (Lipinski definition) is 5. The zero-order chi connectivity index (χ0) is 15.6. The Hall–Kier alpha value is -1.28. The van der Waals surface area contributed by atoms with Crippen LogP contribution < -0.4 is 4.72 Å². The zero-order valence-electron chi connectivity index (χ0n) is 12.1. The van der Waals surface area contributed by atoms with Gasteiger partial charge in [-0.25, -0.2) is 18.1 Å². The summed E-state index contributed by atoms with van der Waals surface area (Å²) in [5.74, 6) is 0. The van der Waals surface area contributed by atoms with Crippen LogP contribution in [0.15, 0.2) is 35.4 Å². The van der Waals surface area contributed by atoms with Crippen molar-refractivity contribution < 1.29 is 13.5 Å². The average molecular weight is 326 g/mol. The summed E-state index contributed by atoms with van der Waals surface area (Å²) >= 11 is 1.46. The topological polar surface area (TPSA) is 79.3 Å². The Morgan fingerprint density at radius 1 is 1.33 bits per heavy atom. The predicted octanol–water partition coefficient (Wildman–Crippen LogP) is 2.54. The summed E-state index contributed by atoms with van der Waals surface area (Å²) in [6.07, 6.45) is 1.01. The standard InChI is InChI=1S/C14H18N2O3S2/c1-9-8-15-14(20-9)10(2)16-21(18,19)13-6-4-5-12(7-13)11(3)17/h4-8,10-11,16-17H,1-3H3. The van der Waals surface area contributed by atoms with E-state index in [0.717, 1.165) is 9.88 Å². The second-order valence-corrected chi connectivity index (χ2v) is 7.88. The van der Waals surface area contributed by atoms with E-state index in [4.69, 9.17) is 0 Å². The van der Waals surface area contributed by atoms with Crippen molar-refractivity contribution in [2.75, 3.05) is 0 Å². The van der Waals surface area contributed by atoms with Crippen LogP contribution in [-0.4, -0.2) is 18.5 Å². The second kappa shape index (κ2) is 6.23. The molecule has 0 radical (unpaired) electrons. The molecular weight excluding hydrogens is 308 g/mol. The van der Waals surface area contributed by atoms with Gasteiger partial charge in [0, 0.05) is 11.1 Å². The summed E-state index contributed by atoms with van der Waals surface area (Å²) in [7, 11) is -3.65. The first-order valence-electron chi connectivity index (χ1n) is 6.52. The van der Waals surface area contributed by atoms with E-state index >= 15 is 0 Å². The molecule has 7 heteroatoms. The largest absolute Gasteiger partial charge is 0.389 e. The van der Waals surface area contributed by atoms with E-state index in [2.05, 4.69) is 9.71 Å². The lowest BCUT2D eigenvalue weighted by Crippen LogP contribution is -2.26. The van der Waals surface area contributed by atoms with Crippen molar-refractivity contribution in [2.45, 2.75) is 37.8 Å². The van der Waals surface area contributed by atoms with Gasteiger partial charge >= 0.3 is 0 Å². The van der Waals surface area contributed by atoms with Gasteiger partial charge in [0.2, 0.25) is 10.0 Å². The van der Waals surface area contributed by atoms with Crippen LogP contribution in [-0.2, 0) is 10.0 Å².